The second-order valence-electron chi connectivity index (χ2n) is 1.00. The van der Waals surface area contributed by atoms with Gasteiger partial charge in [-0.3, -0.25) is 6.08 Å². The maximum atomic E-state index is 2.99. The molecule has 1 rings (SSSR count). The molecule has 0 N–H and O–H groups in total. The summed E-state index contributed by atoms with van der Waals surface area (Å²) in [6.07, 6.45) is 10.0. The van der Waals surface area contributed by atoms with Gasteiger partial charge in [0.25, 0.3) is 0 Å². The largest absolute Gasteiger partial charge is 0.273 e. The molecule has 0 radical (unpaired) electrons. The van der Waals surface area contributed by atoms with Gasteiger partial charge in [-0.2, -0.15) is 6.08 Å². The van der Waals surface area contributed by atoms with Gasteiger partial charge in [0, 0.05) is 25.8 Å². The van der Waals surface area contributed by atoms with Crippen molar-refractivity contribution in [3.05, 3.63) is 24.3 Å². The number of halogens is 2. The van der Waals surface area contributed by atoms with Crippen molar-refractivity contribution in [1.82, 2.24) is 0 Å². The third kappa shape index (κ3) is 6.93. The van der Waals surface area contributed by atoms with Crippen molar-refractivity contribution in [2.45, 2.75) is 6.42 Å². The molecule has 0 unspecified atom stereocenters. The molecule has 0 fully saturated rings. The van der Waals surface area contributed by atoms with Crippen LogP contribution in [0.3, 0.4) is 0 Å². The number of rotatable bonds is 0. The Kier molecular flexibility index (Phi) is 21.6. The molecule has 0 bridgehead atoms. The van der Waals surface area contributed by atoms with Crippen LogP contribution in [0.25, 0.3) is 0 Å². The Morgan fingerprint density at radius 3 is 2.00 bits per heavy atom. The zero-order valence-corrected chi connectivity index (χ0v) is 9.48. The van der Waals surface area contributed by atoms with Crippen LogP contribution >= 0.6 is 24.8 Å². The van der Waals surface area contributed by atoms with E-state index in [1.54, 1.807) is 0 Å². The minimum absolute atomic E-state index is 0. The molecule has 8 heavy (non-hydrogen) atoms. The maximum Gasteiger partial charge on any atom is 0 e. The van der Waals surface area contributed by atoms with E-state index in [1.807, 2.05) is 12.2 Å². The quantitative estimate of drug-likeness (QED) is 0.474. The van der Waals surface area contributed by atoms with E-state index < -0.39 is 0 Å². The van der Waals surface area contributed by atoms with Crippen LogP contribution in [-0.4, -0.2) is 0 Å². The van der Waals surface area contributed by atoms with Gasteiger partial charge in [-0.15, -0.1) is 31.2 Å². The van der Waals surface area contributed by atoms with E-state index in [0.717, 1.165) is 6.42 Å². The van der Waals surface area contributed by atoms with E-state index in [0.29, 0.717) is 0 Å². The number of allylic oxidation sites excluding steroid dienone is 4. The van der Waals surface area contributed by atoms with Gasteiger partial charge in [-0.05, 0) is 0 Å². The van der Waals surface area contributed by atoms with E-state index in [9.17, 15) is 0 Å². The fourth-order valence-electron chi connectivity index (χ4n) is 0.340. The van der Waals surface area contributed by atoms with E-state index >= 15 is 0 Å². The average Bonchev–Trinajstić information content (AvgIpc) is 1.76. The molecule has 0 heterocycles. The fraction of sp³-hybridized carbons (Fsp3) is 0.200. The van der Waals surface area contributed by atoms with Crippen LogP contribution in [0.2, 0.25) is 0 Å². The SMILES string of the molecule is Cl.Cl.[C-]1=CC=CC1.[Hf]. The first-order valence-electron chi connectivity index (χ1n) is 1.72. The van der Waals surface area contributed by atoms with Crippen LogP contribution in [0.1, 0.15) is 6.42 Å². The first kappa shape index (κ1) is 16.0. The molecule has 46 valence electrons. The molecule has 0 aliphatic heterocycles. The smallest absolute Gasteiger partial charge is 0 e. The second-order valence-corrected chi connectivity index (χ2v) is 1.00. The maximum absolute atomic E-state index is 2.99. The van der Waals surface area contributed by atoms with Crippen molar-refractivity contribution in [3.63, 3.8) is 0 Å². The van der Waals surface area contributed by atoms with Crippen LogP contribution in [0.4, 0.5) is 0 Å². The summed E-state index contributed by atoms with van der Waals surface area (Å²) in [5.74, 6) is 0. The van der Waals surface area contributed by atoms with E-state index in [1.165, 1.54) is 0 Å². The van der Waals surface area contributed by atoms with Gasteiger partial charge in [-0.1, -0.05) is 0 Å². The summed E-state index contributed by atoms with van der Waals surface area (Å²) >= 11 is 0. The van der Waals surface area contributed by atoms with Crippen LogP contribution in [-0.2, 0) is 25.8 Å². The first-order chi connectivity index (χ1) is 2.50. The molecule has 0 aromatic heterocycles. The Morgan fingerprint density at radius 2 is 1.88 bits per heavy atom. The van der Waals surface area contributed by atoms with Gasteiger partial charge in [-0.25, -0.2) is 12.2 Å². The van der Waals surface area contributed by atoms with Crippen LogP contribution < -0.4 is 0 Å². The molecular formula is C5H7Cl2Hf-. The van der Waals surface area contributed by atoms with Gasteiger partial charge < -0.3 is 0 Å². The molecule has 3 heteroatoms. The van der Waals surface area contributed by atoms with Gasteiger partial charge in [0.15, 0.2) is 0 Å². The summed E-state index contributed by atoms with van der Waals surface area (Å²) in [5, 5.41) is 0. The molecule has 0 aromatic carbocycles. The van der Waals surface area contributed by atoms with Gasteiger partial charge in [0.2, 0.25) is 0 Å². The third-order valence-electron chi connectivity index (χ3n) is 0.586. The van der Waals surface area contributed by atoms with Gasteiger partial charge in [0.1, 0.15) is 0 Å². The molecular weight excluding hydrogens is 309 g/mol. The van der Waals surface area contributed by atoms with Crippen molar-refractivity contribution in [2.24, 2.45) is 0 Å². The van der Waals surface area contributed by atoms with Crippen LogP contribution in [0.15, 0.2) is 18.2 Å². The third-order valence-corrected chi connectivity index (χ3v) is 0.586. The summed E-state index contributed by atoms with van der Waals surface area (Å²) in [5.41, 5.74) is 0. The summed E-state index contributed by atoms with van der Waals surface area (Å²) in [4.78, 5) is 0. The zero-order chi connectivity index (χ0) is 3.54. The summed E-state index contributed by atoms with van der Waals surface area (Å²) in [7, 11) is 0. The monoisotopic (exact) mass is 317 g/mol. The first-order valence-corrected chi connectivity index (χ1v) is 1.72. The average molecular weight is 317 g/mol. The predicted molar refractivity (Wildman–Crippen MR) is 36.1 cm³/mol. The normalized spacial score (nSPS) is 11.0. The van der Waals surface area contributed by atoms with Crippen LogP contribution in [0, 0.1) is 6.08 Å². The summed E-state index contributed by atoms with van der Waals surface area (Å²) in [6.45, 7) is 0. The van der Waals surface area contributed by atoms with Crippen molar-refractivity contribution in [3.8, 4) is 0 Å². The molecule has 0 saturated heterocycles. The van der Waals surface area contributed by atoms with E-state index in [2.05, 4.69) is 12.2 Å². The zero-order valence-electron chi connectivity index (χ0n) is 4.26. The Hall–Kier alpha value is 0.930. The van der Waals surface area contributed by atoms with Gasteiger partial charge >= 0.3 is 0 Å². The number of hydrogen-bond acceptors (Lipinski definition) is 0. The Balaban J connectivity index is -0.0000000833. The molecule has 0 aromatic rings. The van der Waals surface area contributed by atoms with Crippen molar-refractivity contribution >= 4 is 24.8 Å². The van der Waals surface area contributed by atoms with E-state index in [-0.39, 0.29) is 50.7 Å². The van der Waals surface area contributed by atoms with Crippen LogP contribution in [0.5, 0.6) is 0 Å². The fourth-order valence-corrected chi connectivity index (χ4v) is 0.340. The minimum Gasteiger partial charge on any atom is -0.273 e. The molecule has 1 aliphatic rings. The predicted octanol–water partition coefficient (Wildman–Crippen LogP) is 2.15. The van der Waals surface area contributed by atoms with E-state index in [4.69, 9.17) is 0 Å². The second kappa shape index (κ2) is 10.8. The number of hydrogen-bond donors (Lipinski definition) is 0. The molecule has 1 aliphatic carbocycles. The van der Waals surface area contributed by atoms with Crippen molar-refractivity contribution in [1.29, 1.82) is 0 Å². The Labute approximate surface area is 81.0 Å². The molecule has 0 atom stereocenters. The topological polar surface area (TPSA) is 0 Å². The summed E-state index contributed by atoms with van der Waals surface area (Å²) in [6, 6.07) is 0. The standard InChI is InChI=1S/C5H5.2ClH.Hf/c1-2-4-5-3-1;;;/h1-3H,4H2;2*1H;/q-1;;;. The molecule has 0 saturated carbocycles. The molecule has 0 spiro atoms. The molecule has 0 amide bonds. The van der Waals surface area contributed by atoms with Crippen molar-refractivity contribution < 1.29 is 25.8 Å². The van der Waals surface area contributed by atoms with Gasteiger partial charge in [0.05, 0.1) is 0 Å². The minimum atomic E-state index is 0. The summed E-state index contributed by atoms with van der Waals surface area (Å²) < 4.78 is 0. The Bertz CT molecular complexity index is 68.5. The molecule has 0 nitrogen and oxygen atoms in total. The Morgan fingerprint density at radius 1 is 1.25 bits per heavy atom. The van der Waals surface area contributed by atoms with Crippen molar-refractivity contribution in [2.75, 3.05) is 0 Å².